The summed E-state index contributed by atoms with van der Waals surface area (Å²) in [6.07, 6.45) is 1.05. The van der Waals surface area contributed by atoms with Gasteiger partial charge < -0.3 is 15.1 Å². The number of furan rings is 1. The zero-order chi connectivity index (χ0) is 28.2. The standard InChI is InChI=1S/C18H19N2O.C13H18F2N2.Ir/c1-11-12(2)21-17-15(11)16(19-10-20-17)13-6-8-14(9-7-13)18(3,4)5;1-8(2)16-13(17-9(3)4)10-5-11(14)7-12(15)6-10;/h6,8-10H,1-5H3;5-9,13H,1-4H3;/q-1;-2;+3. The van der Waals surface area contributed by atoms with E-state index < -0.39 is 17.8 Å². The number of nitrogens with zero attached hydrogens (tertiary/aromatic N) is 4. The van der Waals surface area contributed by atoms with E-state index in [1.807, 2.05) is 47.6 Å². The predicted octanol–water partition coefficient (Wildman–Crippen LogP) is 9.13. The number of halogens is 2. The van der Waals surface area contributed by atoms with Crippen molar-refractivity contribution in [2.24, 2.45) is 0 Å². The zero-order valence-electron chi connectivity index (χ0n) is 24.1. The Labute approximate surface area is 244 Å². The van der Waals surface area contributed by atoms with Gasteiger partial charge in [0.2, 0.25) is 5.71 Å². The van der Waals surface area contributed by atoms with Gasteiger partial charge in [-0.3, -0.25) is 4.98 Å². The molecular weight excluding hydrogens is 675 g/mol. The normalized spacial score (nSPS) is 11.6. The Balaban J connectivity index is 0.000000273. The SMILES string of the molecule is CC(C)[N-]C([N-]C(C)C)c1cc(F)cc(F)c1.Cc1oc2ncnc(-c3[c-]cc(C(C)(C)C)cc3)c2c1C.[Ir+3]. The van der Waals surface area contributed by atoms with E-state index in [4.69, 9.17) is 4.42 Å². The topological polar surface area (TPSA) is 67.1 Å². The van der Waals surface area contributed by atoms with Crippen LogP contribution in [-0.2, 0) is 25.5 Å². The monoisotopic (exact) mass is 712 g/mol. The van der Waals surface area contributed by atoms with Gasteiger partial charge in [0.1, 0.15) is 23.7 Å². The number of aryl methyl sites for hydroxylation is 2. The summed E-state index contributed by atoms with van der Waals surface area (Å²) in [5.41, 5.74) is 5.44. The zero-order valence-corrected chi connectivity index (χ0v) is 26.5. The van der Waals surface area contributed by atoms with E-state index in [2.05, 4.69) is 59.6 Å². The quantitative estimate of drug-likeness (QED) is 0.188. The summed E-state index contributed by atoms with van der Waals surface area (Å²) in [7, 11) is 0. The van der Waals surface area contributed by atoms with E-state index in [0.29, 0.717) is 11.3 Å². The molecule has 0 saturated carbocycles. The minimum atomic E-state index is -0.595. The van der Waals surface area contributed by atoms with Crippen LogP contribution in [0.4, 0.5) is 8.78 Å². The minimum absolute atomic E-state index is 0. The largest absolute Gasteiger partial charge is 3.00 e. The van der Waals surface area contributed by atoms with Gasteiger partial charge in [-0.15, -0.1) is 47.5 Å². The average Bonchev–Trinajstić information content (AvgIpc) is 3.11. The number of benzene rings is 2. The summed E-state index contributed by atoms with van der Waals surface area (Å²) in [6.45, 7) is 18.2. The van der Waals surface area contributed by atoms with Crippen molar-refractivity contribution in [1.82, 2.24) is 9.97 Å². The van der Waals surface area contributed by atoms with Crippen molar-refractivity contribution in [3.8, 4) is 11.3 Å². The molecule has 0 aliphatic rings. The second kappa shape index (κ2) is 13.7. The van der Waals surface area contributed by atoms with Crippen molar-refractivity contribution in [3.05, 3.63) is 93.5 Å². The first kappa shape index (κ1) is 32.7. The van der Waals surface area contributed by atoms with Gasteiger partial charge >= 0.3 is 20.1 Å². The summed E-state index contributed by atoms with van der Waals surface area (Å²) in [4.78, 5) is 8.65. The molecule has 2 aromatic carbocycles. The molecule has 0 spiro atoms. The smallest absolute Gasteiger partial charge is 0.672 e. The second-order valence-electron chi connectivity index (χ2n) is 11.0. The first-order valence-electron chi connectivity index (χ1n) is 12.9. The Bertz CT molecular complexity index is 1330. The van der Waals surface area contributed by atoms with E-state index in [-0.39, 0.29) is 37.6 Å². The van der Waals surface area contributed by atoms with E-state index in [1.54, 1.807) is 6.33 Å². The maximum atomic E-state index is 13.1. The molecule has 0 aliphatic carbocycles. The van der Waals surface area contributed by atoms with E-state index in [0.717, 1.165) is 34.0 Å². The molecule has 5 nitrogen and oxygen atoms in total. The molecule has 0 unspecified atom stereocenters. The third kappa shape index (κ3) is 8.74. The van der Waals surface area contributed by atoms with Crippen LogP contribution in [0.25, 0.3) is 33.0 Å². The fourth-order valence-electron chi connectivity index (χ4n) is 3.92. The number of rotatable bonds is 6. The van der Waals surface area contributed by atoms with Crippen molar-refractivity contribution < 1.29 is 33.3 Å². The Kier molecular flexibility index (Phi) is 11.5. The molecule has 0 aliphatic heterocycles. The molecule has 210 valence electrons. The Morgan fingerprint density at radius 3 is 1.97 bits per heavy atom. The van der Waals surface area contributed by atoms with Gasteiger partial charge in [0.25, 0.3) is 0 Å². The molecule has 0 fully saturated rings. The first-order chi connectivity index (χ1) is 17.8. The minimum Gasteiger partial charge on any atom is -0.672 e. The van der Waals surface area contributed by atoms with Gasteiger partial charge in [0.15, 0.2) is 0 Å². The van der Waals surface area contributed by atoms with Crippen molar-refractivity contribution >= 4 is 11.1 Å². The van der Waals surface area contributed by atoms with Gasteiger partial charge in [-0.25, -0.2) is 19.9 Å². The van der Waals surface area contributed by atoms with Crippen LogP contribution in [-0.4, -0.2) is 22.1 Å². The third-order valence-corrected chi connectivity index (χ3v) is 5.96. The molecule has 39 heavy (non-hydrogen) atoms. The maximum Gasteiger partial charge on any atom is 3.00 e. The number of hydrogen-bond donors (Lipinski definition) is 0. The molecule has 4 rings (SSSR count). The van der Waals surface area contributed by atoms with Crippen LogP contribution in [0, 0.1) is 31.5 Å². The molecule has 0 amide bonds. The number of aromatic nitrogens is 2. The predicted molar refractivity (Wildman–Crippen MR) is 150 cm³/mol. The molecule has 0 saturated heterocycles. The summed E-state index contributed by atoms with van der Waals surface area (Å²) in [5, 5.41) is 9.72. The summed E-state index contributed by atoms with van der Waals surface area (Å²) in [5.74, 6) is -0.302. The number of hydrogen-bond acceptors (Lipinski definition) is 3. The van der Waals surface area contributed by atoms with E-state index in [1.165, 1.54) is 17.7 Å². The van der Waals surface area contributed by atoms with Crippen molar-refractivity contribution in [1.29, 1.82) is 0 Å². The second-order valence-corrected chi connectivity index (χ2v) is 11.0. The van der Waals surface area contributed by atoms with Gasteiger partial charge in [-0.1, -0.05) is 54.0 Å². The fourth-order valence-corrected chi connectivity index (χ4v) is 3.92. The summed E-state index contributed by atoms with van der Waals surface area (Å²) in [6, 6.07) is 13.2. The van der Waals surface area contributed by atoms with Crippen LogP contribution >= 0.6 is 0 Å². The van der Waals surface area contributed by atoms with Crippen LogP contribution in [0.1, 0.15) is 77.1 Å². The van der Waals surface area contributed by atoms with Gasteiger partial charge in [0, 0.05) is 17.1 Å². The van der Waals surface area contributed by atoms with E-state index in [9.17, 15) is 8.78 Å². The van der Waals surface area contributed by atoms with Crippen molar-refractivity contribution in [3.63, 3.8) is 0 Å². The Morgan fingerprint density at radius 2 is 1.49 bits per heavy atom. The van der Waals surface area contributed by atoms with Crippen molar-refractivity contribution in [2.45, 2.75) is 86.0 Å². The molecule has 4 aromatic rings. The van der Waals surface area contributed by atoms with E-state index >= 15 is 0 Å². The van der Waals surface area contributed by atoms with Crippen LogP contribution < -0.4 is 0 Å². The molecule has 0 bridgehead atoms. The maximum absolute atomic E-state index is 13.1. The van der Waals surface area contributed by atoms with Gasteiger partial charge in [-0.2, -0.15) is 0 Å². The van der Waals surface area contributed by atoms with Crippen LogP contribution in [0.5, 0.6) is 0 Å². The fraction of sp³-hybridized carbons (Fsp3) is 0.419. The van der Waals surface area contributed by atoms with Gasteiger partial charge in [0.05, 0.1) is 0 Å². The average molecular weight is 712 g/mol. The molecule has 2 aromatic heterocycles. The summed E-state index contributed by atoms with van der Waals surface area (Å²) < 4.78 is 32.0. The first-order valence-corrected chi connectivity index (χ1v) is 12.9. The molecule has 0 atom stereocenters. The molecule has 2 heterocycles. The third-order valence-electron chi connectivity index (χ3n) is 5.96. The number of fused-ring (bicyclic) bond motifs is 1. The molecule has 0 N–H and O–H groups in total. The molecule has 8 heteroatoms. The van der Waals surface area contributed by atoms with Gasteiger partial charge in [-0.05, 0) is 37.0 Å². The van der Waals surface area contributed by atoms with Crippen LogP contribution in [0.2, 0.25) is 0 Å². The summed E-state index contributed by atoms with van der Waals surface area (Å²) >= 11 is 0. The Morgan fingerprint density at radius 1 is 0.897 bits per heavy atom. The Hall–Kier alpha value is -2.51. The molecular formula is C31H37F2IrN4O. The van der Waals surface area contributed by atoms with Crippen LogP contribution in [0.15, 0.2) is 47.1 Å². The van der Waals surface area contributed by atoms with Crippen LogP contribution in [0.3, 0.4) is 0 Å². The molecule has 0 radical (unpaired) electrons. The van der Waals surface area contributed by atoms with Crippen molar-refractivity contribution in [2.75, 3.05) is 0 Å².